The molecular formula is C21H25NO5S. The van der Waals surface area contributed by atoms with Crippen LogP contribution in [-0.2, 0) is 30.4 Å². The minimum atomic E-state index is -3.90. The number of hydrogen-bond donors (Lipinski definition) is 0. The van der Waals surface area contributed by atoms with Crippen LogP contribution in [0.3, 0.4) is 0 Å². The summed E-state index contributed by atoms with van der Waals surface area (Å²) in [5.74, 6) is -0.350. The Morgan fingerprint density at radius 3 is 2.43 bits per heavy atom. The average Bonchev–Trinajstić information content (AvgIpc) is 3.04. The Kier molecular flexibility index (Phi) is 6.49. The molecule has 28 heavy (non-hydrogen) atoms. The Balaban J connectivity index is 1.75. The number of esters is 1. The smallest absolute Gasteiger partial charge is 0.323 e. The number of carbonyl (C=O) groups is 1. The predicted molar refractivity (Wildman–Crippen MR) is 105 cm³/mol. The Morgan fingerprint density at radius 1 is 1.11 bits per heavy atom. The number of benzene rings is 2. The molecule has 0 amide bonds. The van der Waals surface area contributed by atoms with Crippen LogP contribution in [0, 0.1) is 6.92 Å². The molecule has 0 unspecified atom stereocenters. The number of rotatable bonds is 7. The van der Waals surface area contributed by atoms with Crippen molar-refractivity contribution in [2.75, 3.05) is 13.2 Å². The topological polar surface area (TPSA) is 72.9 Å². The average molecular weight is 404 g/mol. The second-order valence-corrected chi connectivity index (χ2v) is 8.48. The Hall–Kier alpha value is -2.22. The molecule has 0 N–H and O–H groups in total. The standard InChI is InChI=1S/C21H25NO5S/c1-3-26-21(23)20-13-18(15-22(20)14-17-7-5-4-6-8-17)27-28(24,25)19-11-9-16(2)10-12-19/h4-12,18,20H,3,13-15H2,1-2H3/t18-,20+/m1/s1. The third kappa shape index (κ3) is 4.98. The van der Waals surface area contributed by atoms with E-state index in [0.29, 0.717) is 13.1 Å². The van der Waals surface area contributed by atoms with Gasteiger partial charge < -0.3 is 4.74 Å². The zero-order valence-corrected chi connectivity index (χ0v) is 16.9. The third-order valence-corrected chi connectivity index (χ3v) is 6.10. The lowest BCUT2D eigenvalue weighted by atomic mass is 10.2. The van der Waals surface area contributed by atoms with Crippen molar-refractivity contribution in [3.8, 4) is 0 Å². The molecule has 1 saturated heterocycles. The van der Waals surface area contributed by atoms with Crippen LogP contribution in [0.25, 0.3) is 0 Å². The molecule has 1 heterocycles. The van der Waals surface area contributed by atoms with E-state index in [1.54, 1.807) is 19.1 Å². The van der Waals surface area contributed by atoms with E-state index in [4.69, 9.17) is 8.92 Å². The minimum absolute atomic E-state index is 0.118. The molecule has 3 rings (SSSR count). The van der Waals surface area contributed by atoms with Crippen LogP contribution in [0.5, 0.6) is 0 Å². The zero-order chi connectivity index (χ0) is 20.1. The molecule has 1 aliphatic rings. The molecule has 6 nitrogen and oxygen atoms in total. The Morgan fingerprint density at radius 2 is 1.79 bits per heavy atom. The van der Waals surface area contributed by atoms with Crippen molar-refractivity contribution in [2.45, 2.75) is 43.9 Å². The molecule has 0 radical (unpaired) electrons. The summed E-state index contributed by atoms with van der Waals surface area (Å²) in [6.07, 6.45) is -0.332. The second-order valence-electron chi connectivity index (χ2n) is 6.90. The van der Waals surface area contributed by atoms with Gasteiger partial charge in [-0.2, -0.15) is 8.42 Å². The van der Waals surface area contributed by atoms with Gasteiger partial charge in [0.15, 0.2) is 0 Å². The zero-order valence-electron chi connectivity index (χ0n) is 16.1. The van der Waals surface area contributed by atoms with Crippen LogP contribution in [0.4, 0.5) is 0 Å². The van der Waals surface area contributed by atoms with Crippen LogP contribution in [-0.4, -0.2) is 44.6 Å². The van der Waals surface area contributed by atoms with Crippen molar-refractivity contribution in [3.63, 3.8) is 0 Å². The molecule has 0 saturated carbocycles. The molecule has 0 bridgehead atoms. The van der Waals surface area contributed by atoms with Gasteiger partial charge in [-0.15, -0.1) is 0 Å². The van der Waals surface area contributed by atoms with Gasteiger partial charge in [0.05, 0.1) is 17.6 Å². The van der Waals surface area contributed by atoms with Crippen LogP contribution in [0.15, 0.2) is 59.5 Å². The molecule has 2 atom stereocenters. The van der Waals surface area contributed by atoms with E-state index in [1.807, 2.05) is 42.2 Å². The number of nitrogens with zero attached hydrogens (tertiary/aromatic N) is 1. The summed E-state index contributed by atoms with van der Waals surface area (Å²) in [7, 11) is -3.90. The summed E-state index contributed by atoms with van der Waals surface area (Å²) in [5.41, 5.74) is 2.01. The number of ether oxygens (including phenoxy) is 1. The molecule has 2 aromatic rings. The van der Waals surface area contributed by atoms with Gasteiger partial charge in [-0.1, -0.05) is 48.0 Å². The van der Waals surface area contributed by atoms with E-state index in [1.165, 1.54) is 12.1 Å². The van der Waals surface area contributed by atoms with Gasteiger partial charge in [0, 0.05) is 19.5 Å². The van der Waals surface area contributed by atoms with Crippen LogP contribution < -0.4 is 0 Å². The van der Waals surface area contributed by atoms with Gasteiger partial charge in [-0.3, -0.25) is 13.9 Å². The van der Waals surface area contributed by atoms with Gasteiger partial charge in [0.2, 0.25) is 0 Å². The van der Waals surface area contributed by atoms with Crippen molar-refractivity contribution < 1.29 is 22.1 Å². The highest BCUT2D eigenvalue weighted by molar-refractivity contribution is 7.86. The normalized spacial score (nSPS) is 20.2. The first kappa shape index (κ1) is 20.5. The summed E-state index contributed by atoms with van der Waals surface area (Å²) in [6, 6.07) is 15.7. The van der Waals surface area contributed by atoms with E-state index in [0.717, 1.165) is 11.1 Å². The van der Waals surface area contributed by atoms with E-state index in [2.05, 4.69) is 0 Å². The monoisotopic (exact) mass is 403 g/mol. The summed E-state index contributed by atoms with van der Waals surface area (Å²) in [4.78, 5) is 14.4. The summed E-state index contributed by atoms with van der Waals surface area (Å²) in [6.45, 7) is 4.78. The van der Waals surface area contributed by atoms with E-state index < -0.39 is 22.3 Å². The Bertz CT molecular complexity index is 896. The highest BCUT2D eigenvalue weighted by atomic mass is 32.2. The summed E-state index contributed by atoms with van der Waals surface area (Å²) in [5, 5.41) is 0. The maximum Gasteiger partial charge on any atom is 0.323 e. The van der Waals surface area contributed by atoms with Gasteiger partial charge in [0.1, 0.15) is 6.04 Å². The summed E-state index contributed by atoms with van der Waals surface area (Å²) < 4.78 is 35.9. The molecular weight excluding hydrogens is 378 g/mol. The van der Waals surface area contributed by atoms with Crippen molar-refractivity contribution in [1.82, 2.24) is 4.90 Å². The van der Waals surface area contributed by atoms with Crippen molar-refractivity contribution >= 4 is 16.1 Å². The number of carbonyl (C=O) groups excluding carboxylic acids is 1. The van der Waals surface area contributed by atoms with E-state index >= 15 is 0 Å². The highest BCUT2D eigenvalue weighted by Crippen LogP contribution is 2.27. The largest absolute Gasteiger partial charge is 0.465 e. The van der Waals surface area contributed by atoms with Crippen molar-refractivity contribution in [1.29, 1.82) is 0 Å². The number of likely N-dealkylation sites (tertiary alicyclic amines) is 1. The van der Waals surface area contributed by atoms with Gasteiger partial charge >= 0.3 is 5.97 Å². The van der Waals surface area contributed by atoms with Gasteiger partial charge in [-0.25, -0.2) is 0 Å². The molecule has 7 heteroatoms. The molecule has 150 valence electrons. The highest BCUT2D eigenvalue weighted by Gasteiger charge is 2.40. The maximum atomic E-state index is 12.6. The van der Waals surface area contributed by atoms with Crippen LogP contribution >= 0.6 is 0 Å². The fraction of sp³-hybridized carbons (Fsp3) is 0.381. The quantitative estimate of drug-likeness (QED) is 0.523. The van der Waals surface area contributed by atoms with Crippen LogP contribution in [0.2, 0.25) is 0 Å². The lowest BCUT2D eigenvalue weighted by Crippen LogP contribution is -2.36. The number of hydrogen-bond acceptors (Lipinski definition) is 6. The van der Waals surface area contributed by atoms with E-state index in [9.17, 15) is 13.2 Å². The SMILES string of the molecule is CCOC(=O)[C@@H]1C[C@@H](OS(=O)(=O)c2ccc(C)cc2)CN1Cc1ccccc1. The van der Waals surface area contributed by atoms with Gasteiger partial charge in [0.25, 0.3) is 10.1 Å². The lowest BCUT2D eigenvalue weighted by molar-refractivity contribution is -0.148. The van der Waals surface area contributed by atoms with Crippen molar-refractivity contribution in [2.24, 2.45) is 0 Å². The number of aryl methyl sites for hydroxylation is 1. The maximum absolute atomic E-state index is 12.6. The minimum Gasteiger partial charge on any atom is -0.465 e. The molecule has 2 aromatic carbocycles. The lowest BCUT2D eigenvalue weighted by Gasteiger charge is -2.22. The fourth-order valence-electron chi connectivity index (χ4n) is 3.35. The first-order chi connectivity index (χ1) is 13.4. The molecule has 1 fully saturated rings. The Labute approximate surface area is 166 Å². The van der Waals surface area contributed by atoms with Crippen LogP contribution in [0.1, 0.15) is 24.5 Å². The van der Waals surface area contributed by atoms with Crippen molar-refractivity contribution in [3.05, 3.63) is 65.7 Å². The van der Waals surface area contributed by atoms with Gasteiger partial charge in [-0.05, 0) is 31.5 Å². The molecule has 0 aromatic heterocycles. The molecule has 0 aliphatic carbocycles. The second kappa shape index (κ2) is 8.86. The molecule has 0 spiro atoms. The molecule has 1 aliphatic heterocycles. The fourth-order valence-corrected chi connectivity index (χ4v) is 4.43. The third-order valence-electron chi connectivity index (χ3n) is 4.72. The first-order valence-corrected chi connectivity index (χ1v) is 10.7. The first-order valence-electron chi connectivity index (χ1n) is 9.33. The predicted octanol–water partition coefficient (Wildman–Crippen LogP) is 2.91. The summed E-state index contributed by atoms with van der Waals surface area (Å²) >= 11 is 0. The van der Waals surface area contributed by atoms with E-state index in [-0.39, 0.29) is 23.9 Å².